The van der Waals surface area contributed by atoms with Gasteiger partial charge in [0.1, 0.15) is 5.75 Å². The molecule has 21 heavy (non-hydrogen) atoms. The van der Waals surface area contributed by atoms with Gasteiger partial charge in [0, 0.05) is 31.0 Å². The first-order valence-corrected chi connectivity index (χ1v) is 6.82. The van der Waals surface area contributed by atoms with Gasteiger partial charge in [-0.3, -0.25) is 9.78 Å². The first-order chi connectivity index (χ1) is 10.3. The SMILES string of the molecule is CCNCCNC(=O)c1cccc(Oc2cnccn2)c1. The number of carbonyl (C=O) groups is 1. The molecule has 0 spiro atoms. The molecule has 0 unspecified atom stereocenters. The van der Waals surface area contributed by atoms with Gasteiger partial charge in [-0.25, -0.2) is 4.98 Å². The molecule has 2 N–H and O–H groups in total. The van der Waals surface area contributed by atoms with Crippen molar-refractivity contribution in [2.45, 2.75) is 6.92 Å². The highest BCUT2D eigenvalue weighted by Gasteiger charge is 2.06. The molecule has 0 saturated carbocycles. The molecule has 1 aromatic carbocycles. The van der Waals surface area contributed by atoms with Gasteiger partial charge in [-0.05, 0) is 24.7 Å². The summed E-state index contributed by atoms with van der Waals surface area (Å²) in [4.78, 5) is 19.9. The van der Waals surface area contributed by atoms with Gasteiger partial charge in [0.2, 0.25) is 5.88 Å². The predicted molar refractivity (Wildman–Crippen MR) is 79.4 cm³/mol. The third-order valence-corrected chi connectivity index (χ3v) is 2.70. The average Bonchev–Trinajstić information content (AvgIpc) is 2.53. The number of amides is 1. The minimum Gasteiger partial charge on any atom is -0.437 e. The molecule has 6 heteroatoms. The number of likely N-dealkylation sites (N-methyl/N-ethyl adjacent to an activating group) is 1. The van der Waals surface area contributed by atoms with E-state index in [9.17, 15) is 4.79 Å². The fraction of sp³-hybridized carbons (Fsp3) is 0.267. The number of ether oxygens (including phenoxy) is 1. The van der Waals surface area contributed by atoms with E-state index in [1.165, 1.54) is 6.20 Å². The van der Waals surface area contributed by atoms with Gasteiger partial charge in [0.05, 0.1) is 6.20 Å². The van der Waals surface area contributed by atoms with Crippen LogP contribution in [0.1, 0.15) is 17.3 Å². The van der Waals surface area contributed by atoms with Gasteiger partial charge < -0.3 is 15.4 Å². The van der Waals surface area contributed by atoms with Gasteiger partial charge in [-0.1, -0.05) is 13.0 Å². The van der Waals surface area contributed by atoms with Crippen LogP contribution < -0.4 is 15.4 Å². The Bertz CT molecular complexity index is 575. The highest BCUT2D eigenvalue weighted by Crippen LogP contribution is 2.19. The molecule has 0 radical (unpaired) electrons. The van der Waals surface area contributed by atoms with Gasteiger partial charge in [-0.2, -0.15) is 0 Å². The lowest BCUT2D eigenvalue weighted by Crippen LogP contribution is -2.31. The number of nitrogens with zero attached hydrogens (tertiary/aromatic N) is 2. The van der Waals surface area contributed by atoms with Crippen LogP contribution in [-0.4, -0.2) is 35.5 Å². The number of nitrogens with one attached hydrogen (secondary N) is 2. The Morgan fingerprint density at radius 2 is 2.19 bits per heavy atom. The summed E-state index contributed by atoms with van der Waals surface area (Å²) in [6, 6.07) is 6.96. The fourth-order valence-corrected chi connectivity index (χ4v) is 1.70. The van der Waals surface area contributed by atoms with Gasteiger partial charge in [0.25, 0.3) is 5.91 Å². The van der Waals surface area contributed by atoms with Crippen LogP contribution in [0.5, 0.6) is 11.6 Å². The number of hydrogen-bond acceptors (Lipinski definition) is 5. The second-order valence-electron chi connectivity index (χ2n) is 4.28. The van der Waals surface area contributed by atoms with Crippen molar-refractivity contribution < 1.29 is 9.53 Å². The average molecular weight is 286 g/mol. The highest BCUT2D eigenvalue weighted by molar-refractivity contribution is 5.94. The molecule has 0 aliphatic heterocycles. The summed E-state index contributed by atoms with van der Waals surface area (Å²) < 4.78 is 5.55. The van der Waals surface area contributed by atoms with E-state index in [2.05, 4.69) is 20.6 Å². The monoisotopic (exact) mass is 286 g/mol. The van der Waals surface area contributed by atoms with E-state index in [0.29, 0.717) is 23.7 Å². The summed E-state index contributed by atoms with van der Waals surface area (Å²) >= 11 is 0. The normalized spacial score (nSPS) is 10.1. The van der Waals surface area contributed by atoms with Crippen LogP contribution in [0.3, 0.4) is 0 Å². The lowest BCUT2D eigenvalue weighted by molar-refractivity contribution is 0.0953. The van der Waals surface area contributed by atoms with Crippen LogP contribution in [-0.2, 0) is 0 Å². The third-order valence-electron chi connectivity index (χ3n) is 2.70. The standard InChI is InChI=1S/C15H18N4O2/c1-2-16-6-9-19-15(20)12-4-3-5-13(10-12)21-14-11-17-7-8-18-14/h3-5,7-8,10-11,16H,2,6,9H2,1H3,(H,19,20). The lowest BCUT2D eigenvalue weighted by atomic mass is 10.2. The molecule has 0 fully saturated rings. The van der Waals surface area contributed by atoms with E-state index in [1.54, 1.807) is 36.7 Å². The van der Waals surface area contributed by atoms with Gasteiger partial charge in [-0.15, -0.1) is 0 Å². The third kappa shape index (κ3) is 4.85. The molecule has 2 aromatic rings. The molecule has 1 aromatic heterocycles. The number of carbonyl (C=O) groups excluding carboxylic acids is 1. The van der Waals surface area contributed by atoms with Crippen molar-refractivity contribution >= 4 is 5.91 Å². The lowest BCUT2D eigenvalue weighted by Gasteiger charge is -2.08. The largest absolute Gasteiger partial charge is 0.437 e. The van der Waals surface area contributed by atoms with Crippen LogP contribution in [0.25, 0.3) is 0 Å². The molecule has 110 valence electrons. The molecular weight excluding hydrogens is 268 g/mol. The Morgan fingerprint density at radius 3 is 2.95 bits per heavy atom. The van der Waals surface area contributed by atoms with Crippen molar-refractivity contribution in [2.24, 2.45) is 0 Å². The first kappa shape index (κ1) is 14.9. The topological polar surface area (TPSA) is 76.1 Å². The molecular formula is C15H18N4O2. The minimum absolute atomic E-state index is 0.127. The summed E-state index contributed by atoms with van der Waals surface area (Å²) in [6.07, 6.45) is 4.64. The zero-order valence-corrected chi connectivity index (χ0v) is 11.9. The Kier molecular flexibility index (Phi) is 5.66. The van der Waals surface area contributed by atoms with E-state index in [0.717, 1.165) is 13.1 Å². The molecule has 0 bridgehead atoms. The molecule has 1 amide bonds. The summed E-state index contributed by atoms with van der Waals surface area (Å²) in [7, 11) is 0. The predicted octanol–water partition coefficient (Wildman–Crippen LogP) is 1.61. The van der Waals surface area contributed by atoms with Gasteiger partial charge in [0.15, 0.2) is 0 Å². The minimum atomic E-state index is -0.127. The fourth-order valence-electron chi connectivity index (χ4n) is 1.70. The number of aromatic nitrogens is 2. The summed E-state index contributed by atoms with van der Waals surface area (Å²) in [5.74, 6) is 0.814. The first-order valence-electron chi connectivity index (χ1n) is 6.82. The maximum Gasteiger partial charge on any atom is 0.251 e. The van der Waals surface area contributed by atoms with Crippen LogP contribution >= 0.6 is 0 Å². The van der Waals surface area contributed by atoms with E-state index in [1.807, 2.05) is 6.92 Å². The van der Waals surface area contributed by atoms with Crippen molar-refractivity contribution in [3.05, 3.63) is 48.4 Å². The number of hydrogen-bond donors (Lipinski definition) is 2. The number of rotatable bonds is 7. The van der Waals surface area contributed by atoms with Crippen LogP contribution in [0, 0.1) is 0 Å². The van der Waals surface area contributed by atoms with Crippen molar-refractivity contribution in [3.8, 4) is 11.6 Å². The maximum atomic E-state index is 12.0. The highest BCUT2D eigenvalue weighted by atomic mass is 16.5. The van der Waals surface area contributed by atoms with Crippen molar-refractivity contribution in [2.75, 3.05) is 19.6 Å². The van der Waals surface area contributed by atoms with E-state index in [4.69, 9.17) is 4.74 Å². The van der Waals surface area contributed by atoms with Crippen LogP contribution in [0.2, 0.25) is 0 Å². The quantitative estimate of drug-likeness (QED) is 0.756. The molecule has 0 saturated heterocycles. The summed E-state index contributed by atoms with van der Waals surface area (Å²) in [5, 5.41) is 5.98. The molecule has 2 rings (SSSR count). The molecule has 6 nitrogen and oxygen atoms in total. The zero-order chi connectivity index (χ0) is 14.9. The van der Waals surface area contributed by atoms with Crippen LogP contribution in [0.4, 0.5) is 0 Å². The second kappa shape index (κ2) is 7.96. The second-order valence-corrected chi connectivity index (χ2v) is 4.28. The van der Waals surface area contributed by atoms with Crippen molar-refractivity contribution in [1.29, 1.82) is 0 Å². The van der Waals surface area contributed by atoms with Crippen molar-refractivity contribution in [1.82, 2.24) is 20.6 Å². The Labute approximate surface area is 123 Å². The molecule has 0 aliphatic carbocycles. The Hall–Kier alpha value is -2.47. The van der Waals surface area contributed by atoms with E-state index >= 15 is 0 Å². The smallest absolute Gasteiger partial charge is 0.251 e. The van der Waals surface area contributed by atoms with Crippen molar-refractivity contribution in [3.63, 3.8) is 0 Å². The summed E-state index contributed by atoms with van der Waals surface area (Å²) in [6.45, 7) is 4.24. The summed E-state index contributed by atoms with van der Waals surface area (Å²) in [5.41, 5.74) is 0.549. The van der Waals surface area contributed by atoms with Gasteiger partial charge >= 0.3 is 0 Å². The Morgan fingerprint density at radius 1 is 1.29 bits per heavy atom. The van der Waals surface area contributed by atoms with E-state index < -0.39 is 0 Å². The molecule has 0 atom stereocenters. The van der Waals surface area contributed by atoms with Crippen LogP contribution in [0.15, 0.2) is 42.9 Å². The van der Waals surface area contributed by atoms with E-state index in [-0.39, 0.29) is 5.91 Å². The number of benzene rings is 1. The molecule has 0 aliphatic rings. The Balaban J connectivity index is 1.95. The zero-order valence-electron chi connectivity index (χ0n) is 11.9. The maximum absolute atomic E-state index is 12.0. The molecule has 1 heterocycles.